The van der Waals surface area contributed by atoms with Crippen LogP contribution in [-0.4, -0.2) is 35.1 Å². The first-order chi connectivity index (χ1) is 13.3. The first kappa shape index (κ1) is 17.4. The highest BCUT2D eigenvalue weighted by atomic mass is 32.2. The zero-order valence-corrected chi connectivity index (χ0v) is 15.1. The highest BCUT2D eigenvalue weighted by Crippen LogP contribution is 2.34. The highest BCUT2D eigenvalue weighted by molar-refractivity contribution is 8.00. The van der Waals surface area contributed by atoms with Gasteiger partial charge in [-0.15, -0.1) is 22.0 Å². The summed E-state index contributed by atoms with van der Waals surface area (Å²) in [5.41, 5.74) is 0.816. The maximum Gasteiger partial charge on any atom is 0.316 e. The number of aromatic nitrogens is 2. The summed E-state index contributed by atoms with van der Waals surface area (Å²) < 4.78 is 21.7. The van der Waals surface area contributed by atoms with Crippen LogP contribution in [0.3, 0.4) is 0 Å². The van der Waals surface area contributed by atoms with E-state index in [1.54, 1.807) is 0 Å². The van der Waals surface area contributed by atoms with Crippen LogP contribution in [0, 0.1) is 0 Å². The van der Waals surface area contributed by atoms with Gasteiger partial charge in [-0.2, -0.15) is 0 Å². The predicted molar refractivity (Wildman–Crippen MR) is 97.7 cm³/mol. The lowest BCUT2D eigenvalue weighted by atomic mass is 10.2. The maximum absolute atomic E-state index is 12.0. The van der Waals surface area contributed by atoms with Crippen molar-refractivity contribution in [1.82, 2.24) is 10.2 Å². The number of esters is 1. The molecule has 0 spiro atoms. The number of carbonyl (C=O) groups is 1. The van der Waals surface area contributed by atoms with E-state index < -0.39 is 0 Å². The van der Waals surface area contributed by atoms with Crippen LogP contribution in [0.2, 0.25) is 0 Å². The Morgan fingerprint density at radius 2 is 1.85 bits per heavy atom. The van der Waals surface area contributed by atoms with Crippen molar-refractivity contribution in [3.05, 3.63) is 54.4 Å². The van der Waals surface area contributed by atoms with Crippen LogP contribution < -0.4 is 9.47 Å². The maximum atomic E-state index is 12.0. The summed E-state index contributed by atoms with van der Waals surface area (Å²) in [6.45, 7) is 1.02. The average Bonchev–Trinajstić information content (AvgIpc) is 3.20. The van der Waals surface area contributed by atoms with Crippen LogP contribution in [0.1, 0.15) is 5.89 Å². The largest absolute Gasteiger partial charge is 0.486 e. The Morgan fingerprint density at radius 3 is 2.70 bits per heavy atom. The SMILES string of the molecule is O=C(CSc1ccc2c(c1)OCCO2)OCc1nnc(-c2ccccc2)o1. The van der Waals surface area contributed by atoms with Crippen molar-refractivity contribution in [3.8, 4) is 23.0 Å². The standard InChI is InChI=1S/C19H16N2O5S/c22-18(12-27-14-6-7-15-16(10-14)24-9-8-23-15)25-11-17-20-21-19(26-17)13-4-2-1-3-5-13/h1-7,10H,8-9,11-12H2. The van der Waals surface area contributed by atoms with Crippen molar-refractivity contribution in [1.29, 1.82) is 0 Å². The Kier molecular flexibility index (Phi) is 5.24. The third-order valence-electron chi connectivity index (χ3n) is 3.71. The van der Waals surface area contributed by atoms with Gasteiger partial charge < -0.3 is 18.6 Å². The molecule has 0 radical (unpaired) electrons. The molecule has 138 valence electrons. The molecule has 27 heavy (non-hydrogen) atoms. The van der Waals surface area contributed by atoms with Crippen molar-refractivity contribution in [2.75, 3.05) is 19.0 Å². The molecular weight excluding hydrogens is 368 g/mol. The molecule has 0 saturated heterocycles. The second-order valence-corrected chi connectivity index (χ2v) is 6.67. The smallest absolute Gasteiger partial charge is 0.316 e. The van der Waals surface area contributed by atoms with Gasteiger partial charge >= 0.3 is 5.97 Å². The van der Waals surface area contributed by atoms with Crippen molar-refractivity contribution < 1.29 is 23.4 Å². The molecule has 3 aromatic rings. The minimum absolute atomic E-state index is 0.0552. The first-order valence-corrected chi connectivity index (χ1v) is 9.32. The summed E-state index contributed by atoms with van der Waals surface area (Å²) in [6.07, 6.45) is 0. The van der Waals surface area contributed by atoms with Gasteiger partial charge in [0.1, 0.15) is 13.2 Å². The molecule has 0 unspecified atom stereocenters. The molecule has 0 N–H and O–H groups in total. The molecule has 1 aliphatic heterocycles. The minimum atomic E-state index is -0.366. The van der Waals surface area contributed by atoms with Crippen molar-refractivity contribution in [3.63, 3.8) is 0 Å². The summed E-state index contributed by atoms with van der Waals surface area (Å²) in [4.78, 5) is 12.9. The van der Waals surface area contributed by atoms with Crippen LogP contribution in [0.15, 0.2) is 57.8 Å². The van der Waals surface area contributed by atoms with E-state index in [-0.39, 0.29) is 24.2 Å². The fourth-order valence-electron chi connectivity index (χ4n) is 2.45. The van der Waals surface area contributed by atoms with E-state index in [1.807, 2.05) is 48.5 Å². The van der Waals surface area contributed by atoms with Crippen LogP contribution in [0.25, 0.3) is 11.5 Å². The lowest BCUT2D eigenvalue weighted by molar-refractivity contribution is -0.142. The van der Waals surface area contributed by atoms with E-state index >= 15 is 0 Å². The molecule has 0 fully saturated rings. The number of carbonyl (C=O) groups excluding carboxylic acids is 1. The molecule has 7 nitrogen and oxygen atoms in total. The number of hydrogen-bond donors (Lipinski definition) is 0. The lowest BCUT2D eigenvalue weighted by Crippen LogP contribution is -2.15. The normalized spacial score (nSPS) is 12.6. The van der Waals surface area contributed by atoms with E-state index in [4.69, 9.17) is 18.6 Å². The summed E-state index contributed by atoms with van der Waals surface area (Å²) in [6, 6.07) is 15.0. The Bertz CT molecular complexity index is 929. The van der Waals surface area contributed by atoms with Crippen molar-refractivity contribution in [2.24, 2.45) is 0 Å². The number of benzene rings is 2. The second-order valence-electron chi connectivity index (χ2n) is 5.62. The van der Waals surface area contributed by atoms with Gasteiger partial charge in [0.25, 0.3) is 5.89 Å². The Hall–Kier alpha value is -3.00. The number of nitrogens with zero attached hydrogens (tertiary/aromatic N) is 2. The first-order valence-electron chi connectivity index (χ1n) is 8.34. The van der Waals surface area contributed by atoms with E-state index in [0.29, 0.717) is 24.9 Å². The number of fused-ring (bicyclic) bond motifs is 1. The molecule has 0 aliphatic carbocycles. The molecule has 4 rings (SSSR count). The van der Waals surface area contributed by atoms with Gasteiger partial charge in [-0.1, -0.05) is 18.2 Å². The Morgan fingerprint density at radius 1 is 1.04 bits per heavy atom. The topological polar surface area (TPSA) is 83.7 Å². The van der Waals surface area contributed by atoms with Crippen LogP contribution in [-0.2, 0) is 16.1 Å². The number of rotatable bonds is 6. The van der Waals surface area contributed by atoms with Crippen molar-refractivity contribution in [2.45, 2.75) is 11.5 Å². The molecule has 2 heterocycles. The van der Waals surface area contributed by atoms with E-state index in [9.17, 15) is 4.79 Å². The van der Waals surface area contributed by atoms with Gasteiger partial charge in [-0.3, -0.25) is 4.79 Å². The highest BCUT2D eigenvalue weighted by Gasteiger charge is 2.14. The zero-order valence-electron chi connectivity index (χ0n) is 14.3. The molecular formula is C19H16N2O5S. The number of thioether (sulfide) groups is 1. The van der Waals surface area contributed by atoms with Gasteiger partial charge in [-0.25, -0.2) is 0 Å². The molecule has 1 aliphatic rings. The zero-order chi connectivity index (χ0) is 18.5. The summed E-state index contributed by atoms with van der Waals surface area (Å²) >= 11 is 1.36. The summed E-state index contributed by atoms with van der Waals surface area (Å²) in [7, 11) is 0. The van der Waals surface area contributed by atoms with E-state index in [1.165, 1.54) is 11.8 Å². The van der Waals surface area contributed by atoms with Crippen molar-refractivity contribution >= 4 is 17.7 Å². The van der Waals surface area contributed by atoms with Gasteiger partial charge in [0.05, 0.1) is 5.75 Å². The minimum Gasteiger partial charge on any atom is -0.486 e. The fourth-order valence-corrected chi connectivity index (χ4v) is 3.17. The Labute approximate surface area is 159 Å². The monoisotopic (exact) mass is 384 g/mol. The molecule has 8 heteroatoms. The number of ether oxygens (including phenoxy) is 3. The fraction of sp³-hybridized carbons (Fsp3) is 0.211. The molecule has 1 aromatic heterocycles. The third-order valence-corrected chi connectivity index (χ3v) is 4.68. The predicted octanol–water partition coefficient (Wildman–Crippen LogP) is 3.34. The summed E-state index contributed by atoms with van der Waals surface area (Å²) in [5, 5.41) is 7.86. The lowest BCUT2D eigenvalue weighted by Gasteiger charge is -2.18. The van der Waals surface area contributed by atoms with Crippen LogP contribution >= 0.6 is 11.8 Å². The van der Waals surface area contributed by atoms with Crippen LogP contribution in [0.4, 0.5) is 0 Å². The molecule has 0 amide bonds. The second kappa shape index (κ2) is 8.13. The van der Waals surface area contributed by atoms with Gasteiger partial charge in [-0.05, 0) is 30.3 Å². The summed E-state index contributed by atoms with van der Waals surface area (Å²) in [5.74, 6) is 1.87. The third kappa shape index (κ3) is 4.40. The average molecular weight is 384 g/mol. The molecule has 0 saturated carbocycles. The van der Waals surface area contributed by atoms with Crippen LogP contribution in [0.5, 0.6) is 11.5 Å². The Balaban J connectivity index is 1.27. The van der Waals surface area contributed by atoms with Gasteiger partial charge in [0, 0.05) is 10.5 Å². The van der Waals surface area contributed by atoms with Gasteiger partial charge in [0.15, 0.2) is 18.1 Å². The molecule has 0 atom stereocenters. The molecule has 2 aromatic carbocycles. The van der Waals surface area contributed by atoms with E-state index in [0.717, 1.165) is 16.2 Å². The van der Waals surface area contributed by atoms with Gasteiger partial charge in [0.2, 0.25) is 5.89 Å². The van der Waals surface area contributed by atoms with E-state index in [2.05, 4.69) is 10.2 Å². The molecule has 0 bridgehead atoms. The number of hydrogen-bond acceptors (Lipinski definition) is 8. The quantitative estimate of drug-likeness (QED) is 0.473.